The highest BCUT2D eigenvalue weighted by Gasteiger charge is 2.33. The van der Waals surface area contributed by atoms with Crippen molar-refractivity contribution in [1.29, 1.82) is 0 Å². The predicted molar refractivity (Wildman–Crippen MR) is 55.0 cm³/mol. The van der Waals surface area contributed by atoms with E-state index in [9.17, 15) is 14.0 Å². The van der Waals surface area contributed by atoms with E-state index in [0.717, 1.165) is 4.90 Å². The van der Waals surface area contributed by atoms with Gasteiger partial charge in [0.2, 0.25) is 0 Å². The van der Waals surface area contributed by atoms with Gasteiger partial charge in [-0.15, -0.1) is 0 Å². The zero-order chi connectivity index (χ0) is 11.0. The van der Waals surface area contributed by atoms with E-state index in [-0.39, 0.29) is 12.2 Å². The van der Waals surface area contributed by atoms with Crippen molar-refractivity contribution in [1.82, 2.24) is 5.32 Å². The van der Waals surface area contributed by atoms with Gasteiger partial charge in [-0.1, -0.05) is 6.07 Å². The molecular weight excluding hydrogens is 267 g/mol. The van der Waals surface area contributed by atoms with Crippen LogP contribution in [-0.4, -0.2) is 18.5 Å². The van der Waals surface area contributed by atoms with Crippen molar-refractivity contribution in [2.45, 2.75) is 0 Å². The Labute approximate surface area is 93.2 Å². The fourth-order valence-electron chi connectivity index (χ4n) is 1.35. The van der Waals surface area contributed by atoms with E-state index in [1.165, 1.54) is 12.1 Å². The first-order chi connectivity index (χ1) is 7.11. The third-order valence-electron chi connectivity index (χ3n) is 2.00. The smallest absolute Gasteiger partial charge is 0.328 e. The van der Waals surface area contributed by atoms with Crippen LogP contribution in [0, 0.1) is 5.82 Å². The van der Waals surface area contributed by atoms with Gasteiger partial charge in [0, 0.05) is 4.47 Å². The van der Waals surface area contributed by atoms with E-state index in [1.807, 2.05) is 0 Å². The molecule has 1 saturated heterocycles. The number of amides is 3. The van der Waals surface area contributed by atoms with Gasteiger partial charge in [-0.3, -0.25) is 4.79 Å². The third kappa shape index (κ3) is 1.61. The molecule has 0 spiro atoms. The molecule has 1 heterocycles. The minimum absolute atomic E-state index is 0.0440. The van der Waals surface area contributed by atoms with Crippen LogP contribution >= 0.6 is 15.9 Å². The highest BCUT2D eigenvalue weighted by Crippen LogP contribution is 2.30. The Morgan fingerprint density at radius 2 is 2.13 bits per heavy atom. The van der Waals surface area contributed by atoms with Crippen LogP contribution in [0.5, 0.6) is 0 Å². The van der Waals surface area contributed by atoms with E-state index in [4.69, 9.17) is 0 Å². The van der Waals surface area contributed by atoms with Crippen molar-refractivity contribution >= 4 is 33.6 Å². The highest BCUT2D eigenvalue weighted by atomic mass is 79.9. The van der Waals surface area contributed by atoms with Gasteiger partial charge in [-0.05, 0) is 28.1 Å². The summed E-state index contributed by atoms with van der Waals surface area (Å²) < 4.78 is 13.8. The van der Waals surface area contributed by atoms with E-state index in [0.29, 0.717) is 4.47 Å². The van der Waals surface area contributed by atoms with E-state index < -0.39 is 17.8 Å². The quantitative estimate of drug-likeness (QED) is 0.791. The first kappa shape index (κ1) is 10.1. The van der Waals surface area contributed by atoms with Gasteiger partial charge >= 0.3 is 6.03 Å². The van der Waals surface area contributed by atoms with Crippen molar-refractivity contribution in [3.8, 4) is 0 Å². The van der Waals surface area contributed by atoms with Gasteiger partial charge < -0.3 is 5.32 Å². The number of carbonyl (C=O) groups is 2. The molecule has 0 aliphatic carbocycles. The summed E-state index contributed by atoms with van der Waals surface area (Å²) >= 11 is 3.10. The third-order valence-corrected chi connectivity index (χ3v) is 2.64. The molecule has 3 amide bonds. The minimum Gasteiger partial charge on any atom is -0.328 e. The van der Waals surface area contributed by atoms with Crippen molar-refractivity contribution in [3.63, 3.8) is 0 Å². The normalized spacial score (nSPS) is 15.7. The fourth-order valence-corrected chi connectivity index (χ4v) is 1.87. The molecular formula is C9H6BrFN2O2. The number of anilines is 1. The number of para-hydroxylation sites is 1. The summed E-state index contributed by atoms with van der Waals surface area (Å²) in [6.07, 6.45) is 0. The van der Waals surface area contributed by atoms with Gasteiger partial charge in [0.05, 0.1) is 6.54 Å². The predicted octanol–water partition coefficient (Wildman–Crippen LogP) is 1.64. The number of benzene rings is 1. The lowest BCUT2D eigenvalue weighted by molar-refractivity contribution is -0.115. The zero-order valence-corrected chi connectivity index (χ0v) is 9.04. The van der Waals surface area contributed by atoms with Crippen LogP contribution in [0.15, 0.2) is 22.7 Å². The van der Waals surface area contributed by atoms with E-state index >= 15 is 0 Å². The van der Waals surface area contributed by atoms with Crippen LogP contribution in [-0.2, 0) is 4.79 Å². The first-order valence-electron chi connectivity index (χ1n) is 4.16. The summed E-state index contributed by atoms with van der Waals surface area (Å²) in [5.41, 5.74) is -0.0440. The average Bonchev–Trinajstić information content (AvgIpc) is 2.49. The number of hydrogen-bond acceptors (Lipinski definition) is 2. The average molecular weight is 273 g/mol. The van der Waals surface area contributed by atoms with Crippen LogP contribution in [0.4, 0.5) is 14.9 Å². The molecule has 1 fully saturated rings. The van der Waals surface area contributed by atoms with E-state index in [2.05, 4.69) is 21.2 Å². The number of halogens is 2. The molecule has 0 bridgehead atoms. The number of imide groups is 1. The molecule has 1 aromatic carbocycles. The topological polar surface area (TPSA) is 49.4 Å². The lowest BCUT2D eigenvalue weighted by atomic mass is 10.3. The summed E-state index contributed by atoms with van der Waals surface area (Å²) in [5, 5.41) is 2.32. The monoisotopic (exact) mass is 272 g/mol. The van der Waals surface area contributed by atoms with Crippen LogP contribution < -0.4 is 10.2 Å². The largest absolute Gasteiger partial charge is 0.329 e. The summed E-state index contributed by atoms with van der Waals surface area (Å²) in [4.78, 5) is 23.4. The van der Waals surface area contributed by atoms with Gasteiger partial charge in [-0.2, -0.15) is 0 Å². The second-order valence-electron chi connectivity index (χ2n) is 2.96. The first-order valence-corrected chi connectivity index (χ1v) is 4.95. The zero-order valence-electron chi connectivity index (χ0n) is 7.46. The maximum atomic E-state index is 13.4. The summed E-state index contributed by atoms with van der Waals surface area (Å²) in [6, 6.07) is 3.64. The Morgan fingerprint density at radius 1 is 1.40 bits per heavy atom. The molecule has 15 heavy (non-hydrogen) atoms. The molecule has 0 atom stereocenters. The minimum atomic E-state index is -0.616. The number of hydrogen-bond donors (Lipinski definition) is 1. The highest BCUT2D eigenvalue weighted by molar-refractivity contribution is 9.10. The Hall–Kier alpha value is -1.43. The molecule has 2 rings (SSSR count). The van der Waals surface area contributed by atoms with Crippen molar-refractivity contribution in [2.75, 3.05) is 11.4 Å². The van der Waals surface area contributed by atoms with Gasteiger partial charge in [0.15, 0.2) is 0 Å². The van der Waals surface area contributed by atoms with E-state index in [1.54, 1.807) is 6.07 Å². The van der Waals surface area contributed by atoms with Gasteiger partial charge in [0.1, 0.15) is 11.5 Å². The van der Waals surface area contributed by atoms with Crippen LogP contribution in [0.25, 0.3) is 0 Å². The standard InChI is InChI=1S/C9H6BrFN2O2/c10-5-2-1-3-6(11)8(5)13-7(14)4-12-9(13)15/h1-3H,4H2,(H,12,15). The molecule has 6 heteroatoms. The second kappa shape index (κ2) is 3.62. The van der Waals surface area contributed by atoms with Crippen LogP contribution in [0.2, 0.25) is 0 Å². The molecule has 1 aliphatic rings. The van der Waals surface area contributed by atoms with Crippen LogP contribution in [0.1, 0.15) is 0 Å². The molecule has 1 aliphatic heterocycles. The number of rotatable bonds is 1. The number of nitrogens with zero attached hydrogens (tertiary/aromatic N) is 1. The SMILES string of the molecule is O=C1CNC(=O)N1c1c(F)cccc1Br. The van der Waals surface area contributed by atoms with Gasteiger partial charge in [-0.25, -0.2) is 14.1 Å². The molecule has 0 radical (unpaired) electrons. The Bertz CT molecular complexity index is 413. The maximum Gasteiger partial charge on any atom is 0.329 e. The molecule has 0 unspecified atom stereocenters. The Kier molecular flexibility index (Phi) is 2.44. The van der Waals surface area contributed by atoms with Crippen molar-refractivity contribution < 1.29 is 14.0 Å². The number of urea groups is 1. The molecule has 0 saturated carbocycles. The maximum absolute atomic E-state index is 13.4. The lowest BCUT2D eigenvalue weighted by Gasteiger charge is -2.14. The molecule has 0 aromatic heterocycles. The molecule has 4 nitrogen and oxygen atoms in total. The van der Waals surface area contributed by atoms with Crippen LogP contribution in [0.3, 0.4) is 0 Å². The molecule has 78 valence electrons. The summed E-state index contributed by atoms with van der Waals surface area (Å²) in [7, 11) is 0. The summed E-state index contributed by atoms with van der Waals surface area (Å²) in [6.45, 7) is -0.0976. The number of carbonyl (C=O) groups excluding carboxylic acids is 2. The fraction of sp³-hybridized carbons (Fsp3) is 0.111. The lowest BCUT2D eigenvalue weighted by Crippen LogP contribution is -2.31. The Morgan fingerprint density at radius 3 is 2.67 bits per heavy atom. The molecule has 1 N–H and O–H groups in total. The van der Waals surface area contributed by atoms with Crippen molar-refractivity contribution in [2.24, 2.45) is 0 Å². The summed E-state index contributed by atoms with van der Waals surface area (Å²) in [5.74, 6) is -1.08. The van der Waals surface area contributed by atoms with Crippen molar-refractivity contribution in [3.05, 3.63) is 28.5 Å². The number of nitrogens with one attached hydrogen (secondary N) is 1. The second-order valence-corrected chi connectivity index (χ2v) is 3.81. The molecule has 1 aromatic rings. The van der Waals surface area contributed by atoms with Gasteiger partial charge in [0.25, 0.3) is 5.91 Å². The Balaban J connectivity index is 2.53.